The largest absolute Gasteiger partial charge is 2.00 e. The first-order valence-electron chi connectivity index (χ1n) is 8.00. The van der Waals surface area contributed by atoms with Crippen LogP contribution in [0.3, 0.4) is 0 Å². The number of halogens is 2. The fourth-order valence-corrected chi connectivity index (χ4v) is 5.22. The van der Waals surface area contributed by atoms with Crippen LogP contribution in [0.25, 0.3) is 0 Å². The second-order valence-corrected chi connectivity index (χ2v) is 16.4. The van der Waals surface area contributed by atoms with E-state index in [9.17, 15) is 0 Å². The van der Waals surface area contributed by atoms with Gasteiger partial charge in [0.1, 0.15) is 16.5 Å². The average molecular weight is 497 g/mol. The van der Waals surface area contributed by atoms with Gasteiger partial charge in [0.25, 0.3) is 0 Å². The van der Waals surface area contributed by atoms with Crippen LogP contribution in [0.5, 0.6) is 0 Å². The van der Waals surface area contributed by atoms with E-state index in [0.29, 0.717) is 0 Å². The molecule has 2 aliphatic rings. The van der Waals surface area contributed by atoms with Crippen molar-refractivity contribution in [2.24, 2.45) is 0 Å². The Hall–Kier alpha value is 0.777. The van der Waals surface area contributed by atoms with Gasteiger partial charge in [0.2, 0.25) is 0 Å². The van der Waals surface area contributed by atoms with Gasteiger partial charge in [0, 0.05) is 0 Å². The smallest absolute Gasteiger partial charge is 0.328 e. The normalized spacial score (nSPS) is 15.6. The minimum Gasteiger partial charge on any atom is -0.328 e. The number of hydrogen-bond donors (Lipinski definition) is 0. The summed E-state index contributed by atoms with van der Waals surface area (Å²) >= 11 is 0. The zero-order chi connectivity index (χ0) is 17.0. The van der Waals surface area contributed by atoms with E-state index in [1.54, 1.807) is 0 Å². The maximum atomic E-state index is 3.40. The number of rotatable bonds is 4. The summed E-state index contributed by atoms with van der Waals surface area (Å²) in [6.07, 6.45) is 17.7. The molecule has 0 aromatic heterocycles. The van der Waals surface area contributed by atoms with Gasteiger partial charge in [-0.15, -0.1) is 37.7 Å². The SMILES string of the molecule is CN(C)[Si](C)(C)C1=[C-]CC=C1.CN(C)[Si](C)(C)C1=[C-]CC=C1.Cl.Cl.[Zr+2]. The Morgan fingerprint density at radius 3 is 1.16 bits per heavy atom. The van der Waals surface area contributed by atoms with Crippen LogP contribution >= 0.6 is 24.8 Å². The first-order valence-corrected chi connectivity index (χ1v) is 13.9. The molecule has 0 N–H and O–H groups in total. The minimum absolute atomic E-state index is 0. The Labute approximate surface area is 189 Å². The van der Waals surface area contributed by atoms with Gasteiger partial charge in [-0.2, -0.15) is 12.2 Å². The molecule has 0 fully saturated rings. The molecule has 2 aliphatic carbocycles. The van der Waals surface area contributed by atoms with Crippen molar-refractivity contribution in [1.29, 1.82) is 0 Å². The standard InChI is InChI=1S/2C9H16NSi.2ClH.Zr/c2*1-10(2)11(3,4)9-7-5-6-8-9;;;/h2*5,7H,6H2,1-4H3;2*1H;/q2*-1;;;+2. The first kappa shape index (κ1) is 30.5. The van der Waals surface area contributed by atoms with Crippen LogP contribution in [0.2, 0.25) is 26.2 Å². The van der Waals surface area contributed by atoms with Crippen LogP contribution in [0.4, 0.5) is 0 Å². The monoisotopic (exact) mass is 494 g/mol. The molecule has 0 spiro atoms. The fourth-order valence-electron chi connectivity index (χ4n) is 2.13. The second kappa shape index (κ2) is 13.0. The third kappa shape index (κ3) is 8.55. The van der Waals surface area contributed by atoms with Crippen LogP contribution in [0.1, 0.15) is 12.8 Å². The molecule has 0 radical (unpaired) electrons. The van der Waals surface area contributed by atoms with Gasteiger partial charge in [-0.3, -0.25) is 12.2 Å². The van der Waals surface area contributed by atoms with E-state index in [4.69, 9.17) is 0 Å². The second-order valence-electron chi connectivity index (χ2n) is 7.30. The van der Waals surface area contributed by atoms with Gasteiger partial charge >= 0.3 is 26.2 Å². The molecular weight excluding hydrogens is 463 g/mol. The summed E-state index contributed by atoms with van der Waals surface area (Å²) in [5, 5.41) is 2.89. The number of allylic oxidation sites excluding steroid dienone is 8. The molecule has 0 aliphatic heterocycles. The van der Waals surface area contributed by atoms with E-state index in [-0.39, 0.29) is 51.0 Å². The van der Waals surface area contributed by atoms with Crippen LogP contribution in [0.15, 0.2) is 34.7 Å². The maximum Gasteiger partial charge on any atom is 2.00 e. The molecule has 25 heavy (non-hydrogen) atoms. The van der Waals surface area contributed by atoms with Crippen molar-refractivity contribution < 1.29 is 26.2 Å². The molecule has 2 nitrogen and oxygen atoms in total. The van der Waals surface area contributed by atoms with Crippen molar-refractivity contribution in [2.45, 2.75) is 39.0 Å². The van der Waals surface area contributed by atoms with Crippen LogP contribution in [-0.4, -0.2) is 53.8 Å². The van der Waals surface area contributed by atoms with E-state index in [0.717, 1.165) is 12.8 Å². The molecule has 0 unspecified atom stereocenters. The summed E-state index contributed by atoms with van der Waals surface area (Å²) in [6.45, 7) is 9.41. The zero-order valence-electron chi connectivity index (χ0n) is 16.9. The Morgan fingerprint density at radius 2 is 1.00 bits per heavy atom. The van der Waals surface area contributed by atoms with Crippen LogP contribution < -0.4 is 0 Å². The molecule has 0 saturated carbocycles. The summed E-state index contributed by atoms with van der Waals surface area (Å²) in [5.41, 5.74) is 0. The average Bonchev–Trinajstić information content (AvgIpc) is 3.13. The van der Waals surface area contributed by atoms with Crippen molar-refractivity contribution in [1.82, 2.24) is 9.13 Å². The van der Waals surface area contributed by atoms with Crippen molar-refractivity contribution in [2.75, 3.05) is 28.2 Å². The third-order valence-electron chi connectivity index (χ3n) is 4.94. The quantitative estimate of drug-likeness (QED) is 0.407. The van der Waals surface area contributed by atoms with Gasteiger partial charge in [-0.25, -0.2) is 22.5 Å². The van der Waals surface area contributed by atoms with Gasteiger partial charge in [-0.1, -0.05) is 26.2 Å². The molecule has 0 atom stereocenters. The molecule has 7 heteroatoms. The van der Waals surface area contributed by atoms with E-state index in [1.807, 2.05) is 0 Å². The molecule has 0 aromatic rings. The Balaban J connectivity index is -0.000000346. The maximum absolute atomic E-state index is 3.40. The zero-order valence-corrected chi connectivity index (χ0v) is 23.0. The summed E-state index contributed by atoms with van der Waals surface area (Å²) in [7, 11) is 6.05. The van der Waals surface area contributed by atoms with E-state index in [1.165, 1.54) is 10.4 Å². The van der Waals surface area contributed by atoms with Gasteiger partial charge in [0.05, 0.1) is 0 Å². The van der Waals surface area contributed by atoms with Gasteiger partial charge in [0.15, 0.2) is 0 Å². The molecule has 0 aromatic carbocycles. The van der Waals surface area contributed by atoms with E-state index < -0.39 is 16.5 Å². The van der Waals surface area contributed by atoms with E-state index >= 15 is 0 Å². The molecule has 0 bridgehead atoms. The topological polar surface area (TPSA) is 6.48 Å². The van der Waals surface area contributed by atoms with E-state index in [2.05, 4.69) is 100.0 Å². The summed E-state index contributed by atoms with van der Waals surface area (Å²) in [4.78, 5) is 0. The molecular formula is C18H34Cl2N2Si2Zr. The fraction of sp³-hybridized carbons (Fsp3) is 0.556. The predicted octanol–water partition coefficient (Wildman–Crippen LogP) is 4.80. The van der Waals surface area contributed by atoms with Crippen LogP contribution in [-0.2, 0) is 26.2 Å². The predicted molar refractivity (Wildman–Crippen MR) is 118 cm³/mol. The molecule has 0 heterocycles. The van der Waals surface area contributed by atoms with Crippen molar-refractivity contribution in [3.8, 4) is 0 Å². The Bertz CT molecular complexity index is 465. The van der Waals surface area contributed by atoms with Crippen molar-refractivity contribution in [3.63, 3.8) is 0 Å². The van der Waals surface area contributed by atoms with Crippen LogP contribution in [0, 0.1) is 12.2 Å². The van der Waals surface area contributed by atoms with Crippen molar-refractivity contribution >= 4 is 41.3 Å². The molecule has 0 amide bonds. The Kier molecular flexibility index (Phi) is 15.9. The first-order chi connectivity index (χ1) is 10.1. The van der Waals surface area contributed by atoms with Gasteiger partial charge < -0.3 is 9.13 Å². The van der Waals surface area contributed by atoms with Crippen molar-refractivity contribution in [3.05, 3.63) is 46.8 Å². The summed E-state index contributed by atoms with van der Waals surface area (Å²) in [5.74, 6) is 0. The molecule has 0 saturated heterocycles. The minimum atomic E-state index is -1.30. The number of nitrogens with zero attached hydrogens (tertiary/aromatic N) is 2. The third-order valence-corrected chi connectivity index (χ3v) is 12.7. The molecule has 142 valence electrons. The number of hydrogen-bond acceptors (Lipinski definition) is 2. The van der Waals surface area contributed by atoms with Gasteiger partial charge in [-0.05, 0) is 28.2 Å². The Morgan fingerprint density at radius 1 is 0.720 bits per heavy atom. The summed E-state index contributed by atoms with van der Waals surface area (Å²) in [6, 6.07) is 0. The molecule has 2 rings (SSSR count). The summed E-state index contributed by atoms with van der Waals surface area (Å²) < 4.78 is 4.70.